The molecule has 25 nitrogen and oxygen atoms in total. The second-order valence-corrected chi connectivity index (χ2v) is 21.1. The van der Waals surface area contributed by atoms with Gasteiger partial charge in [-0.3, -0.25) is 53.5 Å². The van der Waals surface area contributed by atoms with Crippen LogP contribution in [0, 0.1) is 10.1 Å². The number of para-hydroxylation sites is 1. The number of esters is 1. The van der Waals surface area contributed by atoms with Crippen LogP contribution in [-0.4, -0.2) is 145 Å². The number of nitrogens with one attached hydrogen (secondary N) is 1. The van der Waals surface area contributed by atoms with Crippen LogP contribution in [0.4, 0.5) is 10.5 Å². The lowest BCUT2D eigenvalue weighted by molar-refractivity contribution is -0.387. The molecule has 80 heavy (non-hydrogen) atoms. The number of hydroxylamine groups is 9. The SMILES string of the molecule is COc1ccc(CN(OCC(=O)N(Cc2ccccc2)OCC(=O)N(C)OCC(=O)N(Cc2cccc3ccccc23)OCC(=O)OC(C)(C)C)C(=O)CON(CCNC(=O)OC(C)(C)C)S(=O)(=O)c2ccccc2[N+](=O)[O-])cc1. The second kappa shape index (κ2) is 29.2. The van der Waals surface area contributed by atoms with Gasteiger partial charge < -0.3 is 19.5 Å². The Hall–Kier alpha value is -8.11. The standard InChI is InChI=1S/C54H65N7O18S/c1-53(2,3)78-51(66)38-76-59(33-42-21-16-20-41-19-12-13-22-44(41)42)48(63)35-73-56(7)47(62)34-74-57(31-39-17-10-9-11-18-39)49(64)36-75-58(32-40-25-27-43(72-8)28-26-40)50(65)37-77-60(30-29-55-52(67)79-54(4,5)6)80(70,71)46-24-15-14-23-45(46)61(68)69/h9-28H,29-38H2,1-8H3,(H,55,67). The van der Waals surface area contributed by atoms with Crippen molar-refractivity contribution >= 4 is 62.2 Å². The predicted molar refractivity (Wildman–Crippen MR) is 285 cm³/mol. The number of hydrogen-bond acceptors (Lipinski definition) is 18. The van der Waals surface area contributed by atoms with Crippen molar-refractivity contribution in [2.45, 2.75) is 77.3 Å². The van der Waals surface area contributed by atoms with Crippen LogP contribution in [-0.2, 0) is 87.3 Å². The summed E-state index contributed by atoms with van der Waals surface area (Å²) in [6.07, 6.45) is -0.914. The van der Waals surface area contributed by atoms with Crippen molar-refractivity contribution in [3.8, 4) is 5.75 Å². The largest absolute Gasteiger partial charge is 0.497 e. The van der Waals surface area contributed by atoms with E-state index < -0.39 is 119 Å². The molecule has 5 amide bonds. The Balaban J connectivity index is 1.30. The van der Waals surface area contributed by atoms with Crippen molar-refractivity contribution < 1.29 is 80.5 Å². The maximum Gasteiger partial charge on any atom is 0.407 e. The first-order valence-electron chi connectivity index (χ1n) is 24.7. The van der Waals surface area contributed by atoms with Crippen molar-refractivity contribution in [3.63, 3.8) is 0 Å². The quantitative estimate of drug-likeness (QED) is 0.0351. The van der Waals surface area contributed by atoms with E-state index in [2.05, 4.69) is 5.32 Å². The summed E-state index contributed by atoms with van der Waals surface area (Å²) in [5, 5.41) is 19.2. The number of carbonyl (C=O) groups excluding carboxylic acids is 6. The molecule has 0 atom stereocenters. The number of ether oxygens (including phenoxy) is 3. The maximum absolute atomic E-state index is 14.1. The average molecular weight is 1130 g/mol. The van der Waals surface area contributed by atoms with E-state index >= 15 is 0 Å². The van der Waals surface area contributed by atoms with Gasteiger partial charge in [-0.1, -0.05) is 102 Å². The lowest BCUT2D eigenvalue weighted by Crippen LogP contribution is -2.44. The summed E-state index contributed by atoms with van der Waals surface area (Å²) in [6.45, 7) is 3.83. The molecule has 5 aromatic rings. The molecule has 0 bridgehead atoms. The Kier molecular flexibility index (Phi) is 22.9. The van der Waals surface area contributed by atoms with Crippen molar-refractivity contribution in [3.05, 3.63) is 148 Å². The molecule has 0 saturated heterocycles. The summed E-state index contributed by atoms with van der Waals surface area (Å²) in [5.74, 6) is -3.88. The molecule has 0 unspecified atom stereocenters. The average Bonchev–Trinajstić information content (AvgIpc) is 3.47. The second-order valence-electron chi connectivity index (χ2n) is 19.3. The molecular weight excluding hydrogens is 1070 g/mol. The summed E-state index contributed by atoms with van der Waals surface area (Å²) in [4.78, 5) is 119. The Morgan fingerprint density at radius 3 is 1.70 bits per heavy atom. The van der Waals surface area contributed by atoms with Crippen LogP contribution in [0.2, 0.25) is 0 Å². The van der Waals surface area contributed by atoms with Gasteiger partial charge in [-0.15, -0.1) is 0 Å². The van der Waals surface area contributed by atoms with Crippen molar-refractivity contribution in [2.24, 2.45) is 0 Å². The molecule has 0 fully saturated rings. The van der Waals surface area contributed by atoms with Gasteiger partial charge in [-0.2, -0.15) is 0 Å². The number of amides is 5. The lowest BCUT2D eigenvalue weighted by Gasteiger charge is -2.27. The van der Waals surface area contributed by atoms with Gasteiger partial charge in [0.05, 0.1) is 38.2 Å². The van der Waals surface area contributed by atoms with Gasteiger partial charge in [-0.05, 0) is 87.2 Å². The lowest BCUT2D eigenvalue weighted by atomic mass is 10.0. The van der Waals surface area contributed by atoms with E-state index in [1.807, 2.05) is 30.3 Å². The molecule has 5 aromatic carbocycles. The molecule has 0 aliphatic rings. The van der Waals surface area contributed by atoms with Crippen LogP contribution in [0.1, 0.15) is 58.2 Å². The van der Waals surface area contributed by atoms with Crippen LogP contribution in [0.3, 0.4) is 0 Å². The third-order valence-corrected chi connectivity index (χ3v) is 12.5. The minimum absolute atomic E-state index is 0.113. The Morgan fingerprint density at radius 1 is 0.575 bits per heavy atom. The highest BCUT2D eigenvalue weighted by Gasteiger charge is 2.34. The first kappa shape index (κ1) is 62.7. The third kappa shape index (κ3) is 20.0. The zero-order chi connectivity index (χ0) is 58.6. The minimum atomic E-state index is -4.93. The monoisotopic (exact) mass is 1130 g/mol. The highest BCUT2D eigenvalue weighted by molar-refractivity contribution is 7.89. The van der Waals surface area contributed by atoms with Crippen LogP contribution in [0.15, 0.2) is 126 Å². The molecule has 0 aliphatic heterocycles. The van der Waals surface area contributed by atoms with Crippen molar-refractivity contribution in [1.82, 2.24) is 30.0 Å². The number of benzene rings is 5. The van der Waals surface area contributed by atoms with Gasteiger partial charge in [0.2, 0.25) is 0 Å². The summed E-state index contributed by atoms with van der Waals surface area (Å²) < 4.78 is 44.1. The first-order valence-corrected chi connectivity index (χ1v) is 26.2. The Morgan fingerprint density at radius 2 is 1.09 bits per heavy atom. The highest BCUT2D eigenvalue weighted by atomic mass is 32.2. The van der Waals surface area contributed by atoms with E-state index in [1.165, 1.54) is 26.3 Å². The van der Waals surface area contributed by atoms with Gasteiger partial charge in [0.25, 0.3) is 39.3 Å². The van der Waals surface area contributed by atoms with Gasteiger partial charge in [0.15, 0.2) is 37.9 Å². The van der Waals surface area contributed by atoms with Gasteiger partial charge in [0, 0.05) is 19.7 Å². The summed E-state index contributed by atoms with van der Waals surface area (Å²) in [6, 6.07) is 32.2. The molecular formula is C54H65N7O18S. The number of rotatable bonds is 28. The third-order valence-electron chi connectivity index (χ3n) is 10.8. The van der Waals surface area contributed by atoms with E-state index in [0.717, 1.165) is 33.0 Å². The molecule has 0 heterocycles. The fourth-order valence-electron chi connectivity index (χ4n) is 7.03. The fourth-order valence-corrected chi connectivity index (χ4v) is 8.43. The van der Waals surface area contributed by atoms with Crippen LogP contribution in [0.5, 0.6) is 5.75 Å². The molecule has 0 radical (unpaired) electrons. The van der Waals surface area contributed by atoms with Crippen LogP contribution in [0.25, 0.3) is 10.8 Å². The highest BCUT2D eigenvalue weighted by Crippen LogP contribution is 2.27. The summed E-state index contributed by atoms with van der Waals surface area (Å²) in [7, 11) is -2.28. The van der Waals surface area contributed by atoms with Gasteiger partial charge in [0.1, 0.15) is 17.0 Å². The zero-order valence-electron chi connectivity index (χ0n) is 45.6. The topological polar surface area (TPSA) is 282 Å². The van der Waals surface area contributed by atoms with Gasteiger partial charge in [-0.25, -0.2) is 38.3 Å². The Bertz CT molecular complexity index is 3040. The number of hydrogen-bond donors (Lipinski definition) is 1. The Labute approximate surface area is 462 Å². The fraction of sp³-hybridized carbons (Fsp3) is 0.370. The molecule has 1 N–H and O–H groups in total. The molecule has 0 aliphatic carbocycles. The smallest absolute Gasteiger partial charge is 0.407 e. The number of methoxy groups -OCH3 is 1. The number of carbonyl (C=O) groups is 6. The molecule has 0 aromatic heterocycles. The van der Waals surface area contributed by atoms with E-state index in [-0.39, 0.29) is 19.6 Å². The number of nitro groups is 1. The molecule has 430 valence electrons. The van der Waals surface area contributed by atoms with E-state index in [4.69, 9.17) is 38.4 Å². The molecule has 26 heteroatoms. The van der Waals surface area contributed by atoms with Crippen molar-refractivity contribution in [2.75, 3.05) is 60.3 Å². The predicted octanol–water partition coefficient (Wildman–Crippen LogP) is 5.82. The van der Waals surface area contributed by atoms with E-state index in [1.54, 1.807) is 108 Å². The number of fused-ring (bicyclic) bond motifs is 1. The molecule has 0 saturated carbocycles. The number of nitrogens with zero attached hydrogens (tertiary/aromatic N) is 6. The number of likely N-dealkylation sites (N-methyl/N-ethyl adjacent to an activating group) is 1. The maximum atomic E-state index is 14.1. The number of alkyl carbamates (subject to hydrolysis) is 1. The van der Waals surface area contributed by atoms with Crippen LogP contribution < -0.4 is 10.1 Å². The number of nitro benzene ring substituents is 1. The zero-order valence-corrected chi connectivity index (χ0v) is 46.4. The van der Waals surface area contributed by atoms with E-state index in [9.17, 15) is 47.3 Å². The van der Waals surface area contributed by atoms with E-state index in [0.29, 0.717) is 37.0 Å². The summed E-state index contributed by atoms with van der Waals surface area (Å²) in [5.41, 5.74) is -0.874. The minimum Gasteiger partial charge on any atom is -0.497 e. The van der Waals surface area contributed by atoms with Gasteiger partial charge >= 0.3 is 12.1 Å². The summed E-state index contributed by atoms with van der Waals surface area (Å²) >= 11 is 0. The molecule has 0 spiro atoms. The van der Waals surface area contributed by atoms with Crippen molar-refractivity contribution in [1.29, 1.82) is 0 Å². The first-order chi connectivity index (χ1) is 37.8. The normalized spacial score (nSPS) is 11.6. The number of sulfonamides is 1. The van der Waals surface area contributed by atoms with Crippen LogP contribution >= 0.6 is 0 Å². The molecule has 5 rings (SSSR count).